The first-order valence-corrected chi connectivity index (χ1v) is 11.0. The van der Waals surface area contributed by atoms with Crippen LogP contribution in [0, 0.1) is 0 Å². The molecule has 0 atom stereocenters. The average Bonchev–Trinajstić information content (AvgIpc) is 3.16. The number of hydrogen-bond acceptors (Lipinski definition) is 5. The molecular formula is C21H16Cl4F3NO4. The first kappa shape index (κ1) is 25.6. The van der Waals surface area contributed by atoms with E-state index in [1.165, 1.54) is 24.3 Å². The summed E-state index contributed by atoms with van der Waals surface area (Å²) in [4.78, 5) is 3.41. The summed E-state index contributed by atoms with van der Waals surface area (Å²) in [5, 5.41) is 0.571. The largest absolute Gasteiger partial charge is 0.493 e. The maximum absolute atomic E-state index is 12.7. The minimum atomic E-state index is -4.64. The second-order valence-electron chi connectivity index (χ2n) is 6.57. The van der Waals surface area contributed by atoms with Gasteiger partial charge < -0.3 is 18.6 Å². The first-order valence-electron chi connectivity index (χ1n) is 9.50. The van der Waals surface area contributed by atoms with Crippen LogP contribution in [0.5, 0.6) is 17.2 Å². The standard InChI is InChI=1S/C21H16Cl4F3NO4/c22-14-9-13(31-8-5-18(24)25)10-15(23)19(14)32-7-2-1-6-30-12-3-4-16-17(11-12)33-20(29-16)21(26,27)28/h3-5,9-11H,1-2,6-8H2. The summed E-state index contributed by atoms with van der Waals surface area (Å²) < 4.78 is 59.5. The van der Waals surface area contributed by atoms with Crippen molar-refractivity contribution in [3.8, 4) is 17.2 Å². The first-order chi connectivity index (χ1) is 15.6. The molecule has 1 heterocycles. The lowest BCUT2D eigenvalue weighted by Gasteiger charge is -2.12. The number of oxazole rings is 1. The highest BCUT2D eigenvalue weighted by atomic mass is 35.5. The lowest BCUT2D eigenvalue weighted by Crippen LogP contribution is -2.04. The van der Waals surface area contributed by atoms with Gasteiger partial charge in [0.1, 0.15) is 28.1 Å². The molecule has 0 saturated heterocycles. The van der Waals surface area contributed by atoms with Crippen molar-refractivity contribution >= 4 is 57.5 Å². The summed E-state index contributed by atoms with van der Waals surface area (Å²) in [5.74, 6) is -0.156. The summed E-state index contributed by atoms with van der Waals surface area (Å²) in [6.45, 7) is 0.797. The monoisotopic (exact) mass is 543 g/mol. The van der Waals surface area contributed by atoms with Gasteiger partial charge in [-0.05, 0) is 31.1 Å². The van der Waals surface area contributed by atoms with E-state index in [-0.39, 0.29) is 32.2 Å². The van der Waals surface area contributed by atoms with Gasteiger partial charge >= 0.3 is 12.1 Å². The van der Waals surface area contributed by atoms with Crippen LogP contribution in [-0.2, 0) is 6.18 Å². The van der Waals surface area contributed by atoms with Crippen molar-refractivity contribution in [1.82, 2.24) is 4.98 Å². The Kier molecular flexibility index (Phi) is 8.87. The van der Waals surface area contributed by atoms with E-state index in [1.807, 2.05) is 0 Å². The van der Waals surface area contributed by atoms with Crippen molar-refractivity contribution in [2.24, 2.45) is 0 Å². The molecule has 0 fully saturated rings. The summed E-state index contributed by atoms with van der Waals surface area (Å²) >= 11 is 23.5. The van der Waals surface area contributed by atoms with Gasteiger partial charge in [-0.25, -0.2) is 4.98 Å². The van der Waals surface area contributed by atoms with Gasteiger partial charge in [0, 0.05) is 18.2 Å². The maximum atomic E-state index is 12.7. The van der Waals surface area contributed by atoms with E-state index in [1.54, 1.807) is 12.1 Å². The number of ether oxygens (including phenoxy) is 3. The quantitative estimate of drug-likeness (QED) is 0.241. The third kappa shape index (κ3) is 7.50. The number of hydrogen-bond donors (Lipinski definition) is 0. The lowest BCUT2D eigenvalue weighted by molar-refractivity contribution is -0.156. The van der Waals surface area contributed by atoms with Gasteiger partial charge in [-0.3, -0.25) is 0 Å². The van der Waals surface area contributed by atoms with Crippen LogP contribution < -0.4 is 14.2 Å². The molecule has 0 amide bonds. The fourth-order valence-corrected chi connectivity index (χ4v) is 3.35. The Morgan fingerprint density at radius 3 is 2.24 bits per heavy atom. The van der Waals surface area contributed by atoms with Crippen molar-refractivity contribution in [2.75, 3.05) is 19.8 Å². The Hall–Kier alpha value is -2.00. The van der Waals surface area contributed by atoms with Gasteiger partial charge in [0.05, 0.1) is 23.3 Å². The zero-order valence-electron chi connectivity index (χ0n) is 16.7. The molecule has 0 aliphatic carbocycles. The van der Waals surface area contributed by atoms with Crippen LogP contribution in [0.4, 0.5) is 13.2 Å². The molecule has 12 heteroatoms. The Labute approximate surface area is 206 Å². The van der Waals surface area contributed by atoms with E-state index in [0.717, 1.165) is 0 Å². The van der Waals surface area contributed by atoms with Crippen LogP contribution in [0.2, 0.25) is 10.0 Å². The third-order valence-electron chi connectivity index (χ3n) is 4.12. The Morgan fingerprint density at radius 2 is 1.61 bits per heavy atom. The van der Waals surface area contributed by atoms with E-state index in [9.17, 15) is 13.2 Å². The molecule has 0 radical (unpaired) electrons. The fourth-order valence-electron chi connectivity index (χ4n) is 2.64. The Bertz CT molecular complexity index is 1110. The fraction of sp³-hybridized carbons (Fsp3) is 0.286. The number of rotatable bonds is 10. The topological polar surface area (TPSA) is 53.7 Å². The van der Waals surface area contributed by atoms with Crippen molar-refractivity contribution < 1.29 is 31.8 Å². The molecule has 3 aromatic rings. The van der Waals surface area contributed by atoms with Crippen LogP contribution >= 0.6 is 46.4 Å². The molecule has 0 aliphatic heterocycles. The van der Waals surface area contributed by atoms with Crippen LogP contribution in [0.25, 0.3) is 11.1 Å². The molecule has 0 bridgehead atoms. The molecule has 0 saturated carbocycles. The van der Waals surface area contributed by atoms with E-state index >= 15 is 0 Å². The van der Waals surface area contributed by atoms with Gasteiger partial charge in [-0.1, -0.05) is 46.4 Å². The van der Waals surface area contributed by atoms with Crippen LogP contribution in [0.3, 0.4) is 0 Å². The summed E-state index contributed by atoms with van der Waals surface area (Å²) in [5.41, 5.74) is 0.106. The van der Waals surface area contributed by atoms with Crippen molar-refractivity contribution in [1.29, 1.82) is 0 Å². The zero-order valence-corrected chi connectivity index (χ0v) is 19.7. The molecule has 1 aromatic heterocycles. The predicted molar refractivity (Wildman–Crippen MR) is 121 cm³/mol. The molecule has 33 heavy (non-hydrogen) atoms. The molecule has 178 valence electrons. The summed E-state index contributed by atoms with van der Waals surface area (Å²) in [6.07, 6.45) is -1.94. The van der Waals surface area contributed by atoms with Crippen molar-refractivity contribution in [3.63, 3.8) is 0 Å². The van der Waals surface area contributed by atoms with E-state index < -0.39 is 12.1 Å². The Balaban J connectivity index is 1.44. The molecule has 5 nitrogen and oxygen atoms in total. The number of aromatic nitrogens is 1. The second-order valence-corrected chi connectivity index (χ2v) is 8.39. The number of unbranched alkanes of at least 4 members (excludes halogenated alkanes) is 1. The number of benzene rings is 2. The SMILES string of the molecule is FC(F)(F)c1nc2ccc(OCCCCOc3c(Cl)cc(OCC=C(Cl)Cl)cc3Cl)cc2o1. The van der Waals surface area contributed by atoms with Crippen LogP contribution in [-0.4, -0.2) is 24.8 Å². The van der Waals surface area contributed by atoms with Crippen molar-refractivity contribution in [2.45, 2.75) is 19.0 Å². The van der Waals surface area contributed by atoms with Crippen LogP contribution in [0.15, 0.2) is 45.3 Å². The van der Waals surface area contributed by atoms with Gasteiger partial charge in [0.15, 0.2) is 11.3 Å². The second kappa shape index (κ2) is 11.4. The highest BCUT2D eigenvalue weighted by molar-refractivity contribution is 6.55. The smallest absolute Gasteiger partial charge is 0.468 e. The molecule has 2 aromatic carbocycles. The van der Waals surface area contributed by atoms with E-state index in [2.05, 4.69) is 4.98 Å². The molecule has 3 rings (SSSR count). The predicted octanol–water partition coefficient (Wildman–Crippen LogP) is 8.09. The molecule has 0 N–H and O–H groups in total. The van der Waals surface area contributed by atoms with Gasteiger partial charge in [-0.2, -0.15) is 13.2 Å². The normalized spacial score (nSPS) is 11.5. The van der Waals surface area contributed by atoms with Gasteiger partial charge in [-0.15, -0.1) is 0 Å². The number of fused-ring (bicyclic) bond motifs is 1. The number of halogens is 7. The zero-order chi connectivity index (χ0) is 24.0. The molecular weight excluding hydrogens is 529 g/mol. The van der Waals surface area contributed by atoms with Crippen LogP contribution in [0.1, 0.15) is 18.7 Å². The third-order valence-corrected chi connectivity index (χ3v) is 4.99. The highest BCUT2D eigenvalue weighted by Crippen LogP contribution is 2.37. The minimum Gasteiger partial charge on any atom is -0.493 e. The van der Waals surface area contributed by atoms with E-state index in [0.29, 0.717) is 43.3 Å². The summed E-state index contributed by atoms with van der Waals surface area (Å²) in [7, 11) is 0. The number of nitrogens with zero attached hydrogens (tertiary/aromatic N) is 1. The molecule has 0 spiro atoms. The average molecular weight is 545 g/mol. The molecule has 0 aliphatic rings. The van der Waals surface area contributed by atoms with Gasteiger partial charge in [0.2, 0.25) is 0 Å². The lowest BCUT2D eigenvalue weighted by atomic mass is 10.3. The van der Waals surface area contributed by atoms with Gasteiger partial charge in [0.25, 0.3) is 0 Å². The van der Waals surface area contributed by atoms with E-state index in [4.69, 9.17) is 65.0 Å². The maximum Gasteiger partial charge on any atom is 0.468 e. The summed E-state index contributed by atoms with van der Waals surface area (Å²) in [6, 6.07) is 7.43. The molecule has 0 unspecified atom stereocenters. The number of alkyl halides is 3. The Morgan fingerprint density at radius 1 is 0.939 bits per heavy atom. The van der Waals surface area contributed by atoms with Crippen molar-refractivity contribution in [3.05, 3.63) is 56.8 Å². The minimum absolute atomic E-state index is 0.00152. The highest BCUT2D eigenvalue weighted by Gasteiger charge is 2.37.